The zero-order valence-electron chi connectivity index (χ0n) is 8.68. The van der Waals surface area contributed by atoms with E-state index in [1.807, 2.05) is 4.72 Å². The molecule has 5 nitrogen and oxygen atoms in total. The second kappa shape index (κ2) is 4.96. The van der Waals surface area contributed by atoms with Crippen molar-refractivity contribution in [2.45, 2.75) is 0 Å². The Hall–Kier alpha value is -1.89. The van der Waals surface area contributed by atoms with Crippen LogP contribution in [0.15, 0.2) is 30.9 Å². The average molecular weight is 259 g/mol. The number of carboxylic acids is 1. The third-order valence-electron chi connectivity index (χ3n) is 1.84. The molecule has 1 rings (SSSR count). The molecule has 0 saturated carbocycles. The molecule has 2 N–H and O–H groups in total. The molecule has 0 bridgehead atoms. The molecule has 0 fully saturated rings. The SMILES string of the molecule is C=CCS(=O)(=O)Nc1c(F)cccc1C(=O)O. The smallest absolute Gasteiger partial charge is 0.337 e. The van der Waals surface area contributed by atoms with Crippen molar-refractivity contribution in [2.75, 3.05) is 10.5 Å². The second-order valence-corrected chi connectivity index (χ2v) is 4.91. The van der Waals surface area contributed by atoms with Gasteiger partial charge in [-0.25, -0.2) is 17.6 Å². The topological polar surface area (TPSA) is 83.5 Å². The standard InChI is InChI=1S/C10H10FNO4S/c1-2-6-17(15,16)12-9-7(10(13)14)4-3-5-8(9)11/h2-5,12H,1,6H2,(H,13,14). The first-order valence-corrected chi connectivity index (χ1v) is 6.16. The first-order valence-electron chi connectivity index (χ1n) is 4.50. The lowest BCUT2D eigenvalue weighted by Gasteiger charge is -2.09. The van der Waals surface area contributed by atoms with E-state index >= 15 is 0 Å². The molecule has 0 aliphatic heterocycles. The van der Waals surface area contributed by atoms with E-state index in [1.54, 1.807) is 0 Å². The van der Waals surface area contributed by atoms with E-state index in [2.05, 4.69) is 6.58 Å². The lowest BCUT2D eigenvalue weighted by Crippen LogP contribution is -2.18. The summed E-state index contributed by atoms with van der Waals surface area (Å²) in [6, 6.07) is 3.26. The van der Waals surface area contributed by atoms with Gasteiger partial charge in [0.15, 0.2) is 0 Å². The van der Waals surface area contributed by atoms with Crippen LogP contribution in [0.2, 0.25) is 0 Å². The molecular formula is C10H10FNO4S. The number of carboxylic acid groups (broad SMARTS) is 1. The monoisotopic (exact) mass is 259 g/mol. The van der Waals surface area contributed by atoms with Gasteiger partial charge in [-0.05, 0) is 12.1 Å². The maximum Gasteiger partial charge on any atom is 0.337 e. The van der Waals surface area contributed by atoms with E-state index in [9.17, 15) is 17.6 Å². The van der Waals surface area contributed by atoms with Gasteiger partial charge in [-0.1, -0.05) is 12.1 Å². The third kappa shape index (κ3) is 3.28. The Labute approximate surface area is 97.6 Å². The van der Waals surface area contributed by atoms with Gasteiger partial charge in [0.25, 0.3) is 0 Å². The Morgan fingerprint density at radius 1 is 1.53 bits per heavy atom. The van der Waals surface area contributed by atoms with Crippen LogP contribution >= 0.6 is 0 Å². The lowest BCUT2D eigenvalue weighted by atomic mass is 10.2. The highest BCUT2D eigenvalue weighted by molar-refractivity contribution is 7.92. The minimum atomic E-state index is -3.83. The third-order valence-corrected chi connectivity index (χ3v) is 3.03. The van der Waals surface area contributed by atoms with Gasteiger partial charge in [0.2, 0.25) is 10.0 Å². The number of aromatic carboxylic acids is 1. The Balaban J connectivity index is 3.22. The highest BCUT2D eigenvalue weighted by atomic mass is 32.2. The average Bonchev–Trinajstić information content (AvgIpc) is 2.20. The van der Waals surface area contributed by atoms with Crippen molar-refractivity contribution in [1.29, 1.82) is 0 Å². The molecule has 7 heteroatoms. The quantitative estimate of drug-likeness (QED) is 0.784. The van der Waals surface area contributed by atoms with Crippen LogP contribution in [0.3, 0.4) is 0 Å². The molecule has 0 saturated heterocycles. The number of para-hydroxylation sites is 1. The first kappa shape index (κ1) is 13.2. The molecule has 0 amide bonds. The van der Waals surface area contributed by atoms with Crippen LogP contribution in [0.5, 0.6) is 0 Å². The maximum atomic E-state index is 13.4. The second-order valence-electron chi connectivity index (χ2n) is 3.14. The van der Waals surface area contributed by atoms with E-state index in [4.69, 9.17) is 5.11 Å². The summed E-state index contributed by atoms with van der Waals surface area (Å²) in [7, 11) is -3.83. The molecule has 0 aromatic heterocycles. The Kier molecular flexibility index (Phi) is 3.84. The lowest BCUT2D eigenvalue weighted by molar-refractivity contribution is 0.0697. The van der Waals surface area contributed by atoms with Gasteiger partial charge < -0.3 is 5.11 Å². The highest BCUT2D eigenvalue weighted by Crippen LogP contribution is 2.21. The van der Waals surface area contributed by atoms with Crippen LogP contribution in [-0.4, -0.2) is 25.2 Å². The van der Waals surface area contributed by atoms with Crippen molar-refractivity contribution in [3.05, 3.63) is 42.2 Å². The van der Waals surface area contributed by atoms with Gasteiger partial charge in [-0.3, -0.25) is 4.72 Å². The van der Waals surface area contributed by atoms with Gasteiger partial charge in [0.05, 0.1) is 17.0 Å². The summed E-state index contributed by atoms with van der Waals surface area (Å²) in [4.78, 5) is 10.8. The normalized spacial score (nSPS) is 10.9. The number of anilines is 1. The Bertz CT molecular complexity index is 553. The predicted molar refractivity (Wildman–Crippen MR) is 61.0 cm³/mol. The number of halogens is 1. The molecule has 0 heterocycles. The van der Waals surface area contributed by atoms with E-state index in [-0.39, 0.29) is 0 Å². The first-order chi connectivity index (χ1) is 7.87. The molecule has 0 aliphatic rings. The van der Waals surface area contributed by atoms with Gasteiger partial charge in [-0.2, -0.15) is 0 Å². The predicted octanol–water partition coefficient (Wildman–Crippen LogP) is 1.45. The summed E-state index contributed by atoms with van der Waals surface area (Å²) in [5.41, 5.74) is -1.01. The van der Waals surface area contributed by atoms with Crippen molar-refractivity contribution in [1.82, 2.24) is 0 Å². The Morgan fingerprint density at radius 3 is 2.71 bits per heavy atom. The largest absolute Gasteiger partial charge is 0.478 e. The molecule has 0 spiro atoms. The van der Waals surface area contributed by atoms with Crippen molar-refractivity contribution in [3.63, 3.8) is 0 Å². The van der Waals surface area contributed by atoms with Gasteiger partial charge >= 0.3 is 5.97 Å². The summed E-state index contributed by atoms with van der Waals surface area (Å²) < 4.78 is 38.0. The molecule has 0 atom stereocenters. The minimum Gasteiger partial charge on any atom is -0.478 e. The van der Waals surface area contributed by atoms with E-state index in [0.717, 1.165) is 18.2 Å². The van der Waals surface area contributed by atoms with Crippen LogP contribution < -0.4 is 4.72 Å². The maximum absolute atomic E-state index is 13.4. The van der Waals surface area contributed by atoms with Crippen LogP contribution in [0.4, 0.5) is 10.1 Å². The molecule has 0 aliphatic carbocycles. The van der Waals surface area contributed by atoms with Gasteiger partial charge in [0.1, 0.15) is 5.82 Å². The molecular weight excluding hydrogens is 249 g/mol. The van der Waals surface area contributed by atoms with Crippen molar-refractivity contribution in [3.8, 4) is 0 Å². The summed E-state index contributed by atoms with van der Waals surface area (Å²) >= 11 is 0. The summed E-state index contributed by atoms with van der Waals surface area (Å²) in [5, 5.41) is 8.80. The van der Waals surface area contributed by atoms with E-state index in [0.29, 0.717) is 0 Å². The fourth-order valence-corrected chi connectivity index (χ4v) is 2.07. The van der Waals surface area contributed by atoms with Crippen LogP contribution in [0, 0.1) is 5.82 Å². The van der Waals surface area contributed by atoms with Crippen LogP contribution in [0.25, 0.3) is 0 Å². The number of nitrogens with one attached hydrogen (secondary N) is 1. The molecule has 17 heavy (non-hydrogen) atoms. The molecule has 1 aromatic carbocycles. The van der Waals surface area contributed by atoms with Crippen molar-refractivity contribution < 1.29 is 22.7 Å². The zero-order chi connectivity index (χ0) is 13.1. The summed E-state index contributed by atoms with van der Waals surface area (Å²) in [6.45, 7) is 3.24. The molecule has 92 valence electrons. The molecule has 0 unspecified atom stereocenters. The van der Waals surface area contributed by atoms with E-state index in [1.165, 1.54) is 6.07 Å². The summed E-state index contributed by atoms with van der Waals surface area (Å²) in [6.07, 6.45) is 1.11. The number of sulfonamides is 1. The number of hydrogen-bond acceptors (Lipinski definition) is 3. The fraction of sp³-hybridized carbons (Fsp3) is 0.100. The highest BCUT2D eigenvalue weighted by Gasteiger charge is 2.18. The number of rotatable bonds is 5. The molecule has 0 radical (unpaired) electrons. The van der Waals surface area contributed by atoms with Crippen molar-refractivity contribution >= 4 is 21.7 Å². The minimum absolute atomic E-state index is 0.430. The zero-order valence-corrected chi connectivity index (χ0v) is 9.50. The van der Waals surface area contributed by atoms with Crippen LogP contribution in [-0.2, 0) is 10.0 Å². The van der Waals surface area contributed by atoms with Gasteiger partial charge in [-0.15, -0.1) is 6.58 Å². The number of carbonyl (C=O) groups is 1. The van der Waals surface area contributed by atoms with Crippen LogP contribution in [0.1, 0.15) is 10.4 Å². The number of hydrogen-bond donors (Lipinski definition) is 2. The van der Waals surface area contributed by atoms with Crippen molar-refractivity contribution in [2.24, 2.45) is 0 Å². The number of benzene rings is 1. The molecule has 1 aromatic rings. The van der Waals surface area contributed by atoms with Gasteiger partial charge in [0, 0.05) is 0 Å². The van der Waals surface area contributed by atoms with E-state index < -0.39 is 38.8 Å². The summed E-state index contributed by atoms with van der Waals surface area (Å²) in [5.74, 6) is -2.79. The Morgan fingerprint density at radius 2 is 2.18 bits per heavy atom. The fourth-order valence-electron chi connectivity index (χ4n) is 1.16.